The fourth-order valence-electron chi connectivity index (χ4n) is 1.45. The number of hydrogen-bond acceptors (Lipinski definition) is 2. The molecule has 0 aromatic heterocycles. The van der Waals surface area contributed by atoms with E-state index in [1.54, 1.807) is 0 Å². The molecule has 0 aliphatic rings. The number of aliphatic hydroxyl groups is 1. The molecule has 0 heterocycles. The van der Waals surface area contributed by atoms with Crippen molar-refractivity contribution < 1.29 is 9.84 Å². The van der Waals surface area contributed by atoms with E-state index in [0.29, 0.717) is 6.61 Å². The van der Waals surface area contributed by atoms with Crippen LogP contribution in [0.2, 0.25) is 0 Å². The van der Waals surface area contributed by atoms with Gasteiger partial charge in [-0.3, -0.25) is 0 Å². The Hall–Kier alpha value is -1.02. The van der Waals surface area contributed by atoms with Gasteiger partial charge in [0.2, 0.25) is 0 Å². The van der Waals surface area contributed by atoms with E-state index < -0.39 is 0 Å². The predicted molar refractivity (Wildman–Crippen MR) is 62.4 cm³/mol. The zero-order valence-corrected chi connectivity index (χ0v) is 10.0. The van der Waals surface area contributed by atoms with Crippen molar-refractivity contribution in [2.75, 3.05) is 6.61 Å². The van der Waals surface area contributed by atoms with Crippen LogP contribution in [0.4, 0.5) is 0 Å². The molecule has 0 saturated carbocycles. The van der Waals surface area contributed by atoms with Crippen LogP contribution in [0.15, 0.2) is 12.1 Å². The summed E-state index contributed by atoms with van der Waals surface area (Å²) in [7, 11) is 0. The average Bonchev–Trinajstić information content (AvgIpc) is 2.20. The summed E-state index contributed by atoms with van der Waals surface area (Å²) in [6.45, 7) is 8.49. The van der Waals surface area contributed by atoms with Gasteiger partial charge in [0.15, 0.2) is 0 Å². The third-order valence-electron chi connectivity index (χ3n) is 2.67. The van der Waals surface area contributed by atoms with Gasteiger partial charge in [0, 0.05) is 0 Å². The highest BCUT2D eigenvalue weighted by molar-refractivity contribution is 5.41. The summed E-state index contributed by atoms with van der Waals surface area (Å²) in [4.78, 5) is 0. The highest BCUT2D eigenvalue weighted by Crippen LogP contribution is 2.23. The topological polar surface area (TPSA) is 29.5 Å². The predicted octanol–water partition coefficient (Wildman–Crippen LogP) is 2.76. The summed E-state index contributed by atoms with van der Waals surface area (Å²) in [6.07, 6.45) is 0.356. The van der Waals surface area contributed by atoms with Crippen LogP contribution < -0.4 is 4.74 Å². The van der Waals surface area contributed by atoms with Crippen molar-refractivity contribution in [2.24, 2.45) is 0 Å². The quantitative estimate of drug-likeness (QED) is 0.824. The van der Waals surface area contributed by atoms with E-state index in [9.17, 15) is 5.11 Å². The van der Waals surface area contributed by atoms with Gasteiger partial charge in [-0.05, 0) is 49.9 Å². The van der Waals surface area contributed by atoms with E-state index in [2.05, 4.69) is 19.9 Å². The molecule has 1 N–H and O–H groups in total. The molecule has 1 unspecified atom stereocenters. The maximum atomic E-state index is 9.42. The molecule has 0 spiro atoms. The van der Waals surface area contributed by atoms with Gasteiger partial charge in [-0.25, -0.2) is 0 Å². The lowest BCUT2D eigenvalue weighted by molar-refractivity contribution is 0.104. The lowest BCUT2D eigenvalue weighted by atomic mass is 10.1. The molecule has 1 aromatic rings. The first-order valence-electron chi connectivity index (χ1n) is 5.43. The molecular weight excluding hydrogens is 188 g/mol. The van der Waals surface area contributed by atoms with Crippen LogP contribution in [-0.4, -0.2) is 17.8 Å². The van der Waals surface area contributed by atoms with Gasteiger partial charge in [-0.15, -0.1) is 0 Å². The van der Waals surface area contributed by atoms with Crippen molar-refractivity contribution in [3.8, 4) is 5.75 Å². The van der Waals surface area contributed by atoms with E-state index in [-0.39, 0.29) is 6.10 Å². The van der Waals surface area contributed by atoms with Gasteiger partial charge in [0.05, 0.1) is 6.10 Å². The molecule has 0 aliphatic heterocycles. The molecule has 0 aliphatic carbocycles. The molecule has 0 fully saturated rings. The van der Waals surface area contributed by atoms with Gasteiger partial charge >= 0.3 is 0 Å². The zero-order chi connectivity index (χ0) is 11.4. The zero-order valence-electron chi connectivity index (χ0n) is 10.0. The molecule has 84 valence electrons. The molecule has 1 atom stereocenters. The van der Waals surface area contributed by atoms with Crippen LogP contribution in [0, 0.1) is 20.8 Å². The Bertz CT molecular complexity index is 332. The Kier molecular flexibility index (Phi) is 4.15. The van der Waals surface area contributed by atoms with Crippen LogP contribution in [0.5, 0.6) is 5.75 Å². The van der Waals surface area contributed by atoms with Gasteiger partial charge < -0.3 is 9.84 Å². The lowest BCUT2D eigenvalue weighted by Crippen LogP contribution is -2.16. The van der Waals surface area contributed by atoms with Crippen LogP contribution in [0.25, 0.3) is 0 Å². The lowest BCUT2D eigenvalue weighted by Gasteiger charge is -2.14. The number of hydrogen-bond donors (Lipinski definition) is 1. The maximum Gasteiger partial charge on any atom is 0.122 e. The number of aliphatic hydroxyl groups excluding tert-OH is 1. The van der Waals surface area contributed by atoms with E-state index in [1.807, 2.05) is 19.9 Å². The normalized spacial score (nSPS) is 12.6. The number of aryl methyl sites for hydroxylation is 2. The first-order chi connectivity index (χ1) is 7.04. The Morgan fingerprint density at radius 1 is 1.27 bits per heavy atom. The van der Waals surface area contributed by atoms with Gasteiger partial charge in [-0.2, -0.15) is 0 Å². The Labute approximate surface area is 91.9 Å². The van der Waals surface area contributed by atoms with Crippen LogP contribution in [0.1, 0.15) is 30.0 Å². The van der Waals surface area contributed by atoms with E-state index in [4.69, 9.17) is 4.74 Å². The highest BCUT2D eigenvalue weighted by Gasteiger charge is 2.06. The fourth-order valence-corrected chi connectivity index (χ4v) is 1.45. The minimum absolute atomic E-state index is 0.370. The second-order valence-corrected chi connectivity index (χ2v) is 4.08. The monoisotopic (exact) mass is 208 g/mol. The van der Waals surface area contributed by atoms with Crippen molar-refractivity contribution in [3.63, 3.8) is 0 Å². The fraction of sp³-hybridized carbons (Fsp3) is 0.538. The number of benzene rings is 1. The number of rotatable bonds is 4. The van der Waals surface area contributed by atoms with Crippen molar-refractivity contribution in [2.45, 2.75) is 40.2 Å². The molecule has 1 aromatic carbocycles. The minimum atomic E-state index is -0.370. The molecule has 15 heavy (non-hydrogen) atoms. The van der Waals surface area contributed by atoms with Crippen LogP contribution in [0.3, 0.4) is 0 Å². The van der Waals surface area contributed by atoms with Crippen molar-refractivity contribution >= 4 is 0 Å². The number of ether oxygens (including phenoxy) is 1. The third kappa shape index (κ3) is 3.24. The highest BCUT2D eigenvalue weighted by atomic mass is 16.5. The third-order valence-corrected chi connectivity index (χ3v) is 2.67. The first kappa shape index (κ1) is 12.1. The average molecular weight is 208 g/mol. The molecule has 2 heteroatoms. The van der Waals surface area contributed by atoms with Gasteiger partial charge in [0.25, 0.3) is 0 Å². The molecule has 0 amide bonds. The first-order valence-corrected chi connectivity index (χ1v) is 5.43. The summed E-state index contributed by atoms with van der Waals surface area (Å²) >= 11 is 0. The maximum absolute atomic E-state index is 9.42. The molecule has 2 nitrogen and oxygen atoms in total. The molecule has 1 rings (SSSR count). The Morgan fingerprint density at radius 3 is 2.53 bits per heavy atom. The van der Waals surface area contributed by atoms with Crippen molar-refractivity contribution in [3.05, 3.63) is 28.8 Å². The van der Waals surface area contributed by atoms with Crippen LogP contribution >= 0.6 is 0 Å². The summed E-state index contributed by atoms with van der Waals surface area (Å²) in [5.74, 6) is 0.889. The second kappa shape index (κ2) is 5.17. The minimum Gasteiger partial charge on any atom is -0.491 e. The summed E-state index contributed by atoms with van der Waals surface area (Å²) in [6, 6.07) is 4.16. The van der Waals surface area contributed by atoms with Gasteiger partial charge in [0.1, 0.15) is 12.4 Å². The summed E-state index contributed by atoms with van der Waals surface area (Å²) < 4.78 is 5.60. The van der Waals surface area contributed by atoms with Crippen molar-refractivity contribution in [1.82, 2.24) is 0 Å². The van der Waals surface area contributed by atoms with E-state index in [1.165, 1.54) is 11.1 Å². The largest absolute Gasteiger partial charge is 0.491 e. The van der Waals surface area contributed by atoms with Crippen LogP contribution in [-0.2, 0) is 0 Å². The standard InChI is InChI=1S/C13H20O2/c1-5-12(14)8-15-13-7-9(2)6-10(3)11(13)4/h6-7,12,14H,5,8H2,1-4H3. The molecule has 0 radical (unpaired) electrons. The smallest absolute Gasteiger partial charge is 0.122 e. The summed E-state index contributed by atoms with van der Waals surface area (Å²) in [5.41, 5.74) is 3.58. The molecule has 0 bridgehead atoms. The van der Waals surface area contributed by atoms with Crippen molar-refractivity contribution in [1.29, 1.82) is 0 Å². The Balaban J connectivity index is 2.76. The summed E-state index contributed by atoms with van der Waals surface area (Å²) in [5, 5.41) is 9.42. The SMILES string of the molecule is CCC(O)COc1cc(C)cc(C)c1C. The second-order valence-electron chi connectivity index (χ2n) is 4.08. The van der Waals surface area contributed by atoms with Gasteiger partial charge in [-0.1, -0.05) is 13.0 Å². The van der Waals surface area contributed by atoms with E-state index in [0.717, 1.165) is 17.7 Å². The molecular formula is C13H20O2. The van der Waals surface area contributed by atoms with E-state index >= 15 is 0 Å². The Morgan fingerprint density at radius 2 is 1.93 bits per heavy atom. The molecule has 0 saturated heterocycles.